The molecule has 0 spiro atoms. The number of nitro groups is 1. The summed E-state index contributed by atoms with van der Waals surface area (Å²) < 4.78 is 5.06. The standard InChI is InChI=1S/C15H16N2O2.C15H17N/c18-17(19)11-8-10-4-3-7-16-14-6-2-1-5-12(14)13(9-11)15(10)16;1-2-9-14-12(7-1)13-8-3-5-11-6-4-10-16(14)15(11)13/h8-9H,1-7H2;3,5,8H,1-2,4,6-7,9-10H2. The second-order valence-electron chi connectivity index (χ2n) is 10.8. The van der Waals surface area contributed by atoms with Gasteiger partial charge < -0.3 is 9.13 Å². The van der Waals surface area contributed by atoms with Gasteiger partial charge in [0.1, 0.15) is 0 Å². The number of nitrogens with zero attached hydrogens (tertiary/aromatic N) is 3. The van der Waals surface area contributed by atoms with Gasteiger partial charge in [-0.25, -0.2) is 0 Å². The van der Waals surface area contributed by atoms with E-state index < -0.39 is 0 Å². The van der Waals surface area contributed by atoms with Crippen LogP contribution in [0.1, 0.15) is 72.2 Å². The van der Waals surface area contributed by atoms with E-state index in [1.54, 1.807) is 39.9 Å². The number of hydrogen-bond acceptors (Lipinski definition) is 2. The third kappa shape index (κ3) is 3.27. The summed E-state index contributed by atoms with van der Waals surface area (Å²) in [6.07, 6.45) is 14.8. The third-order valence-electron chi connectivity index (χ3n) is 8.88. The SMILES string of the molecule is O=[N+]([O-])c1cc2c3c(c1)c1c(n3CCC2)CCCC1.c1cc2c3c(c1)c1c(n3CCC2)CCCC1. The van der Waals surface area contributed by atoms with Crippen LogP contribution in [0.2, 0.25) is 0 Å². The molecule has 4 aliphatic rings. The van der Waals surface area contributed by atoms with E-state index in [1.807, 2.05) is 0 Å². The number of aryl methyl sites for hydroxylation is 6. The molecule has 5 heteroatoms. The van der Waals surface area contributed by atoms with E-state index in [4.69, 9.17) is 0 Å². The summed E-state index contributed by atoms with van der Waals surface area (Å²) in [5.74, 6) is 0. The Kier molecular flexibility index (Phi) is 5.00. The highest BCUT2D eigenvalue weighted by molar-refractivity contribution is 5.91. The van der Waals surface area contributed by atoms with E-state index in [9.17, 15) is 10.1 Å². The quantitative estimate of drug-likeness (QED) is 0.227. The molecule has 8 rings (SSSR count). The van der Waals surface area contributed by atoms with Gasteiger partial charge in [-0.2, -0.15) is 0 Å². The highest BCUT2D eigenvalue weighted by atomic mass is 16.6. The van der Waals surface area contributed by atoms with Crippen LogP contribution in [0.25, 0.3) is 21.8 Å². The molecule has 0 amide bonds. The van der Waals surface area contributed by atoms with E-state index in [0.717, 1.165) is 37.6 Å². The summed E-state index contributed by atoms with van der Waals surface area (Å²) in [6.45, 7) is 2.33. The lowest BCUT2D eigenvalue weighted by Crippen LogP contribution is -2.12. The molecule has 0 radical (unpaired) electrons. The monoisotopic (exact) mass is 467 g/mol. The van der Waals surface area contributed by atoms with Gasteiger partial charge in [0.15, 0.2) is 0 Å². The number of hydrogen-bond donors (Lipinski definition) is 0. The van der Waals surface area contributed by atoms with Crippen molar-refractivity contribution < 1.29 is 4.92 Å². The molecule has 0 atom stereocenters. The van der Waals surface area contributed by atoms with Crippen molar-refractivity contribution in [2.45, 2.75) is 90.1 Å². The smallest absolute Gasteiger partial charge is 0.270 e. The Balaban J connectivity index is 0.000000122. The van der Waals surface area contributed by atoms with E-state index in [2.05, 4.69) is 27.3 Å². The molecular weight excluding hydrogens is 434 g/mol. The minimum atomic E-state index is -0.253. The molecule has 35 heavy (non-hydrogen) atoms. The van der Waals surface area contributed by atoms with Crippen molar-refractivity contribution in [3.05, 3.63) is 74.1 Å². The maximum absolute atomic E-state index is 11.1. The zero-order valence-corrected chi connectivity index (χ0v) is 20.4. The number of nitro benzene ring substituents is 1. The van der Waals surface area contributed by atoms with Crippen molar-refractivity contribution in [1.29, 1.82) is 0 Å². The van der Waals surface area contributed by atoms with E-state index >= 15 is 0 Å². The Hall–Kier alpha value is -3.08. The van der Waals surface area contributed by atoms with Crippen LogP contribution in [0.4, 0.5) is 5.69 Å². The molecule has 0 saturated heterocycles. The molecule has 2 aliphatic carbocycles. The zero-order chi connectivity index (χ0) is 23.5. The summed E-state index contributed by atoms with van der Waals surface area (Å²) in [5.41, 5.74) is 12.0. The molecule has 2 aliphatic heterocycles. The van der Waals surface area contributed by atoms with Gasteiger partial charge in [-0.15, -0.1) is 0 Å². The van der Waals surface area contributed by atoms with Gasteiger partial charge in [-0.3, -0.25) is 10.1 Å². The Labute approximate surface area is 205 Å². The number of aromatic nitrogens is 2. The summed E-state index contributed by atoms with van der Waals surface area (Å²) in [5, 5.41) is 13.8. The van der Waals surface area contributed by atoms with Gasteiger partial charge in [0.2, 0.25) is 0 Å². The average Bonchev–Trinajstić information content (AvgIpc) is 3.41. The summed E-state index contributed by atoms with van der Waals surface area (Å²) >= 11 is 0. The first-order valence-corrected chi connectivity index (χ1v) is 13.6. The first-order chi connectivity index (χ1) is 17.2. The molecule has 4 aromatic rings. The number of fused-ring (bicyclic) bond motifs is 6. The van der Waals surface area contributed by atoms with Crippen LogP contribution in [-0.4, -0.2) is 14.1 Å². The molecule has 0 unspecified atom stereocenters. The molecule has 2 aromatic heterocycles. The lowest BCUT2D eigenvalue weighted by atomic mass is 9.95. The normalized spacial score (nSPS) is 18.1. The van der Waals surface area contributed by atoms with Gasteiger partial charge >= 0.3 is 0 Å². The second kappa shape index (κ2) is 8.25. The molecular formula is C30H33N3O2. The maximum Gasteiger partial charge on any atom is 0.270 e. The minimum absolute atomic E-state index is 0.253. The van der Waals surface area contributed by atoms with Crippen LogP contribution in [0.3, 0.4) is 0 Å². The van der Waals surface area contributed by atoms with Gasteiger partial charge in [0, 0.05) is 47.4 Å². The third-order valence-corrected chi connectivity index (χ3v) is 8.88. The topological polar surface area (TPSA) is 53.0 Å². The van der Waals surface area contributed by atoms with Gasteiger partial charge in [-0.05, 0) is 99.3 Å². The first-order valence-electron chi connectivity index (χ1n) is 13.6. The van der Waals surface area contributed by atoms with Crippen molar-refractivity contribution in [3.8, 4) is 0 Å². The Morgan fingerprint density at radius 2 is 1.26 bits per heavy atom. The van der Waals surface area contributed by atoms with Crippen molar-refractivity contribution in [1.82, 2.24) is 9.13 Å². The average molecular weight is 468 g/mol. The molecule has 0 saturated carbocycles. The fourth-order valence-electron chi connectivity index (χ4n) is 7.45. The Morgan fingerprint density at radius 3 is 1.94 bits per heavy atom. The van der Waals surface area contributed by atoms with Crippen LogP contribution in [0.15, 0.2) is 30.3 Å². The molecule has 2 aromatic carbocycles. The summed E-state index contributed by atoms with van der Waals surface area (Å²) in [6, 6.07) is 10.5. The van der Waals surface area contributed by atoms with Gasteiger partial charge in [-0.1, -0.05) is 18.2 Å². The highest BCUT2D eigenvalue weighted by Crippen LogP contribution is 2.39. The maximum atomic E-state index is 11.1. The van der Waals surface area contributed by atoms with Crippen LogP contribution < -0.4 is 0 Å². The molecule has 5 nitrogen and oxygen atoms in total. The lowest BCUT2D eigenvalue weighted by molar-refractivity contribution is -0.384. The Bertz CT molecular complexity index is 1490. The fraction of sp³-hybridized carbons (Fsp3) is 0.467. The molecule has 180 valence electrons. The minimum Gasteiger partial charge on any atom is -0.344 e. The predicted octanol–water partition coefficient (Wildman–Crippen LogP) is 6.84. The van der Waals surface area contributed by atoms with E-state index in [0.29, 0.717) is 0 Å². The second-order valence-corrected chi connectivity index (χ2v) is 10.8. The molecule has 4 heterocycles. The number of non-ortho nitro benzene ring substituents is 1. The zero-order valence-electron chi connectivity index (χ0n) is 20.4. The molecule has 0 bridgehead atoms. The van der Waals surface area contributed by atoms with Crippen LogP contribution in [-0.2, 0) is 51.6 Å². The Morgan fingerprint density at radius 1 is 0.657 bits per heavy atom. The number of benzene rings is 2. The largest absolute Gasteiger partial charge is 0.344 e. The van der Waals surface area contributed by atoms with Crippen LogP contribution >= 0.6 is 0 Å². The van der Waals surface area contributed by atoms with Crippen molar-refractivity contribution in [2.75, 3.05) is 0 Å². The first kappa shape index (κ1) is 21.2. The number of rotatable bonds is 1. The summed E-state index contributed by atoms with van der Waals surface area (Å²) in [4.78, 5) is 10.9. The fourth-order valence-corrected chi connectivity index (χ4v) is 7.45. The van der Waals surface area contributed by atoms with Crippen LogP contribution in [0, 0.1) is 10.1 Å². The summed E-state index contributed by atoms with van der Waals surface area (Å²) in [7, 11) is 0. The van der Waals surface area contributed by atoms with E-state index in [-0.39, 0.29) is 10.6 Å². The molecule has 0 fully saturated rings. The van der Waals surface area contributed by atoms with Crippen molar-refractivity contribution >= 4 is 27.5 Å². The van der Waals surface area contributed by atoms with Crippen LogP contribution in [0.5, 0.6) is 0 Å². The predicted molar refractivity (Wildman–Crippen MR) is 140 cm³/mol. The van der Waals surface area contributed by atoms with E-state index in [1.165, 1.54) is 80.2 Å². The number of para-hydroxylation sites is 1. The van der Waals surface area contributed by atoms with Gasteiger partial charge in [0.05, 0.1) is 16.0 Å². The van der Waals surface area contributed by atoms with Crippen molar-refractivity contribution in [3.63, 3.8) is 0 Å². The highest BCUT2D eigenvalue weighted by Gasteiger charge is 2.26. The lowest BCUT2D eigenvalue weighted by Gasteiger charge is -2.19. The molecule has 0 N–H and O–H groups in total. The van der Waals surface area contributed by atoms with Crippen molar-refractivity contribution in [2.24, 2.45) is 0 Å². The van der Waals surface area contributed by atoms with Gasteiger partial charge in [0.25, 0.3) is 5.69 Å².